The maximum atomic E-state index is 17.0. The van der Waals surface area contributed by atoms with Gasteiger partial charge in [0.25, 0.3) is 0 Å². The second-order valence-corrected chi connectivity index (χ2v) is 30.7. The van der Waals surface area contributed by atoms with Gasteiger partial charge in [-0.25, -0.2) is 0 Å². The van der Waals surface area contributed by atoms with Crippen LogP contribution < -0.4 is 9.47 Å². The molecule has 0 atom stereocenters. The molecule has 0 bridgehead atoms. The molecule has 2 nitrogen and oxygen atoms in total. The molecule has 15 rings (SSSR count). The number of allylic oxidation sites excluding steroid dienone is 4. The summed E-state index contributed by atoms with van der Waals surface area (Å²) in [5.41, 5.74) is -1.94. The Labute approximate surface area is 580 Å². The summed E-state index contributed by atoms with van der Waals surface area (Å²) in [6, 6.07) is 42.8. The highest BCUT2D eigenvalue weighted by Gasteiger charge is 2.82. The summed E-state index contributed by atoms with van der Waals surface area (Å²) in [7, 11) is 0. The number of unbranched alkanes of at least 4 members (excludes halogenated alkanes) is 4. The first kappa shape index (κ1) is 67.2. The Bertz CT molecular complexity index is 4970. The highest BCUT2D eigenvalue weighted by Crippen LogP contribution is 2.69. The third kappa shape index (κ3) is 10.4. The predicted molar refractivity (Wildman–Crippen MR) is 386 cm³/mol. The predicted octanol–water partition coefficient (Wildman–Crippen LogP) is 27.0. The summed E-state index contributed by atoms with van der Waals surface area (Å²) in [4.78, 5) is 1.39. The van der Waals surface area contributed by atoms with Crippen LogP contribution in [0.15, 0.2) is 146 Å². The number of rotatable bonds is 18. The summed E-state index contributed by atoms with van der Waals surface area (Å²) >= 11 is 4.66. The summed E-state index contributed by atoms with van der Waals surface area (Å²) in [6.45, 7) is 8.35. The molecule has 5 heterocycles. The van der Waals surface area contributed by atoms with Crippen molar-refractivity contribution in [1.29, 1.82) is 0 Å². The maximum Gasteiger partial charge on any atom is 0.380 e. The fraction of sp³-hybridized carbons (Fsp3) is 0.309. The van der Waals surface area contributed by atoms with Gasteiger partial charge in [0, 0.05) is 122 Å². The lowest BCUT2D eigenvalue weighted by Crippen LogP contribution is -2.49. The largest absolute Gasteiger partial charge is 0.493 e. The molecule has 4 aromatic heterocycles. The van der Waals surface area contributed by atoms with Crippen LogP contribution in [-0.4, -0.2) is 48.7 Å². The van der Waals surface area contributed by atoms with Crippen molar-refractivity contribution in [3.05, 3.63) is 187 Å². The van der Waals surface area contributed by atoms with Crippen molar-refractivity contribution in [2.24, 2.45) is 0 Å². The van der Waals surface area contributed by atoms with Gasteiger partial charge in [0.05, 0.1) is 13.2 Å². The van der Waals surface area contributed by atoms with E-state index in [0.29, 0.717) is 132 Å². The van der Waals surface area contributed by atoms with E-state index in [0.717, 1.165) is 66.5 Å². The Balaban J connectivity index is 0.836. The van der Waals surface area contributed by atoms with Crippen LogP contribution >= 0.6 is 45.3 Å². The molecule has 0 N–H and O–H groups in total. The highest BCUT2D eigenvalue weighted by molar-refractivity contribution is 7.20. The minimum atomic E-state index is -5.73. The number of benzene rings is 8. The van der Waals surface area contributed by atoms with Crippen LogP contribution in [0.5, 0.6) is 11.5 Å². The van der Waals surface area contributed by atoms with E-state index in [1.165, 1.54) is 22.7 Å². The molecule has 0 unspecified atom stereocenters. The molecule has 0 radical (unpaired) electrons. The third-order valence-corrected chi connectivity index (χ3v) is 24.8. The second-order valence-electron chi connectivity index (χ2n) is 26.2. The number of alkyl halides is 12. The number of hydrogen-bond donors (Lipinski definition) is 0. The minimum Gasteiger partial charge on any atom is -0.493 e. The van der Waals surface area contributed by atoms with E-state index in [9.17, 15) is 0 Å². The smallest absolute Gasteiger partial charge is 0.380 e. The van der Waals surface area contributed by atoms with Crippen LogP contribution in [0.4, 0.5) is 52.7 Å². The SMILES string of the molecule is CCCCc1sc2ccccc2c1C1=C(c2c(CCCC)sc3cc(-c4ccc5c6c(ccc5c4)OCCCOc4ccc5cc(-c7ccc8c(C9=C(c%10c(CCCC)sc%11ccccc%10%11)C(F)(F)C(F)(F)C9(F)F)c(CCCC)sc8c7)ccc5c4-6)ccc23)C(F)(F)C(F)(F)C1(F)F. The van der Waals surface area contributed by atoms with E-state index < -0.39 is 57.8 Å². The first-order chi connectivity index (χ1) is 47.5. The monoisotopic (exact) mass is 1430 g/mol. The molecule has 0 saturated heterocycles. The minimum absolute atomic E-state index is 0.187. The molecule has 0 amide bonds. The molecular formula is C81H66F12O2S4. The van der Waals surface area contributed by atoms with Crippen molar-refractivity contribution in [2.45, 2.75) is 147 Å². The highest BCUT2D eigenvalue weighted by atomic mass is 32.1. The van der Waals surface area contributed by atoms with Crippen molar-refractivity contribution >= 4 is 130 Å². The molecule has 510 valence electrons. The number of thiophene rings is 4. The molecule has 3 aliphatic rings. The molecule has 18 heteroatoms. The fourth-order valence-electron chi connectivity index (χ4n) is 14.9. The van der Waals surface area contributed by atoms with E-state index in [1.807, 2.05) is 100 Å². The normalized spacial score (nSPS) is 17.6. The quantitative estimate of drug-likeness (QED) is 0.0797. The molecule has 99 heavy (non-hydrogen) atoms. The molecule has 12 aromatic rings. The number of aryl methyl sites for hydroxylation is 4. The summed E-state index contributed by atoms with van der Waals surface area (Å²) in [5.74, 6) is -31.2. The van der Waals surface area contributed by atoms with Crippen LogP contribution in [0.1, 0.15) is 127 Å². The molecule has 0 spiro atoms. The van der Waals surface area contributed by atoms with Crippen LogP contribution in [0.3, 0.4) is 0 Å². The van der Waals surface area contributed by atoms with Gasteiger partial charge >= 0.3 is 35.5 Å². The Kier molecular flexibility index (Phi) is 17.1. The van der Waals surface area contributed by atoms with E-state index in [4.69, 9.17) is 9.47 Å². The van der Waals surface area contributed by atoms with Crippen molar-refractivity contribution in [2.75, 3.05) is 13.2 Å². The summed E-state index contributed by atoms with van der Waals surface area (Å²) in [5, 5.41) is 4.04. The lowest BCUT2D eigenvalue weighted by Gasteiger charge is -2.26. The van der Waals surface area contributed by atoms with Gasteiger partial charge in [-0.1, -0.05) is 150 Å². The van der Waals surface area contributed by atoms with Gasteiger partial charge in [0.2, 0.25) is 0 Å². The van der Waals surface area contributed by atoms with Crippen LogP contribution in [-0.2, 0) is 25.7 Å². The average molecular weight is 1430 g/mol. The van der Waals surface area contributed by atoms with Gasteiger partial charge in [-0.15, -0.1) is 45.3 Å². The van der Waals surface area contributed by atoms with E-state index >= 15 is 52.7 Å². The maximum absolute atomic E-state index is 17.0. The van der Waals surface area contributed by atoms with Gasteiger partial charge in [0.15, 0.2) is 0 Å². The van der Waals surface area contributed by atoms with Crippen molar-refractivity contribution in [3.8, 4) is 44.9 Å². The summed E-state index contributed by atoms with van der Waals surface area (Å²) < 4.78 is 215. The van der Waals surface area contributed by atoms with Crippen molar-refractivity contribution in [1.82, 2.24) is 0 Å². The van der Waals surface area contributed by atoms with E-state index in [-0.39, 0.29) is 69.5 Å². The molecule has 8 aromatic carbocycles. The molecule has 0 fully saturated rings. The van der Waals surface area contributed by atoms with Gasteiger partial charge < -0.3 is 9.47 Å². The van der Waals surface area contributed by atoms with Crippen molar-refractivity contribution < 1.29 is 62.2 Å². The molecule has 2 aliphatic carbocycles. The Hall–Kier alpha value is -7.64. The fourth-order valence-corrected chi connectivity index (χ4v) is 20.0. The number of halogens is 12. The molecular weight excluding hydrogens is 1360 g/mol. The van der Waals surface area contributed by atoms with Crippen LogP contribution in [0.25, 0.3) is 118 Å². The van der Waals surface area contributed by atoms with Crippen LogP contribution in [0.2, 0.25) is 0 Å². The zero-order valence-electron chi connectivity index (χ0n) is 54.4. The Morgan fingerprint density at radius 2 is 0.606 bits per heavy atom. The average Bonchev–Trinajstić information content (AvgIpc) is 1.53. The molecule has 0 saturated carbocycles. The first-order valence-corrected chi connectivity index (χ1v) is 37.1. The Morgan fingerprint density at radius 1 is 0.313 bits per heavy atom. The van der Waals surface area contributed by atoms with Gasteiger partial charge in [-0.2, -0.15) is 52.7 Å². The van der Waals surface area contributed by atoms with E-state index in [2.05, 4.69) is 0 Å². The van der Waals surface area contributed by atoms with Gasteiger partial charge in [-0.05, 0) is 144 Å². The third-order valence-electron chi connectivity index (χ3n) is 19.9. The molecule has 1 aliphatic heterocycles. The van der Waals surface area contributed by atoms with Gasteiger partial charge in [-0.3, -0.25) is 0 Å². The zero-order valence-corrected chi connectivity index (χ0v) is 57.7. The second kappa shape index (κ2) is 25.2. The lowest BCUT2D eigenvalue weighted by atomic mass is 9.89. The van der Waals surface area contributed by atoms with Crippen LogP contribution in [0, 0.1) is 0 Å². The Morgan fingerprint density at radius 3 is 0.939 bits per heavy atom. The number of hydrogen-bond acceptors (Lipinski definition) is 6. The standard InChI is InChI=1S/C81H66F12O2S4/c1-5-9-20-60-68(52-18-13-15-24-58(52)96-60)72-74(78(86,87)80(90,91)76(72,82)83)70-54-34-28-46(42-64(54)98-62(70)22-11-7-3)44-26-32-50-48(40-44)30-36-56-66(50)67-51-33-27-45(41-49(51)31-37-57(67)95-39-17-38-94-56)47-29-35-55-65(43-47)99-63(23-12-8-4)71(55)75-73(77(84,85)81(92,93)79(75,88)89)69-53-19-14-16-25-59(53)97-61(69)21-10-6-2/h13-16,18-19,24-37,40-43H,5-12,17,20-23,38-39H2,1-4H3. The first-order valence-electron chi connectivity index (χ1n) is 33.8. The summed E-state index contributed by atoms with van der Waals surface area (Å²) in [6.07, 6.45) is 6.17. The lowest BCUT2D eigenvalue weighted by molar-refractivity contribution is -0.254. The van der Waals surface area contributed by atoms with Gasteiger partial charge in [0.1, 0.15) is 11.5 Å². The van der Waals surface area contributed by atoms with E-state index in [1.54, 1.807) is 72.8 Å². The number of ether oxygens (including phenoxy) is 2. The topological polar surface area (TPSA) is 18.5 Å². The number of fused-ring (bicyclic) bond motifs is 11. The zero-order chi connectivity index (χ0) is 69.3. The van der Waals surface area contributed by atoms with Crippen molar-refractivity contribution in [3.63, 3.8) is 0 Å².